The summed E-state index contributed by atoms with van der Waals surface area (Å²) in [5, 5.41) is 4.48. The first kappa shape index (κ1) is 19.2. The minimum Gasteiger partial charge on any atom is -0.343 e. The van der Waals surface area contributed by atoms with Crippen LogP contribution >= 0.6 is 0 Å². The maximum absolute atomic E-state index is 5.53. The molecule has 0 atom stereocenters. The van der Waals surface area contributed by atoms with Gasteiger partial charge in [-0.3, -0.25) is 0 Å². The van der Waals surface area contributed by atoms with Crippen LogP contribution in [-0.4, -0.2) is 18.1 Å². The molecule has 0 fully saturated rings. The summed E-state index contributed by atoms with van der Waals surface area (Å²) in [7, 11) is 0. The Labute approximate surface area is 171 Å². The van der Waals surface area contributed by atoms with Gasteiger partial charge in [0.05, 0.1) is 0 Å². The normalized spacial score (nSPS) is 13.0. The molecule has 0 amide bonds. The number of fused-ring (bicyclic) bond motifs is 1. The molecule has 0 spiro atoms. The van der Waals surface area contributed by atoms with Crippen molar-refractivity contribution in [1.29, 1.82) is 0 Å². The van der Waals surface area contributed by atoms with Crippen LogP contribution in [0.3, 0.4) is 0 Å². The second-order valence-electron chi connectivity index (χ2n) is 7.27. The molecule has 29 heavy (non-hydrogen) atoms. The quantitative estimate of drug-likeness (QED) is 0.522. The Morgan fingerprint density at radius 2 is 1.83 bits per heavy atom. The Balaban J connectivity index is 1.50. The van der Waals surface area contributed by atoms with Crippen LogP contribution in [-0.2, 0) is 13.0 Å². The Bertz CT molecular complexity index is 1080. The second kappa shape index (κ2) is 8.90. The number of H-pyrrole nitrogens is 1. The molecule has 0 aliphatic carbocycles. The van der Waals surface area contributed by atoms with Gasteiger partial charge in [0.2, 0.25) is 0 Å². The van der Waals surface area contributed by atoms with Gasteiger partial charge in [-0.15, -0.1) is 0 Å². The highest BCUT2D eigenvalue weighted by atomic mass is 15.2. The number of nitrogens with two attached hydrogens (primary N) is 1. The van der Waals surface area contributed by atoms with Crippen molar-refractivity contribution < 1.29 is 0 Å². The number of hydrogen-bond donors (Lipinski definition) is 3. The number of hydrogen-bond acceptors (Lipinski definition) is 4. The fourth-order valence-electron chi connectivity index (χ4n) is 3.47. The molecular formula is C24H27N5. The Morgan fingerprint density at radius 3 is 2.59 bits per heavy atom. The molecule has 1 aliphatic heterocycles. The minimum atomic E-state index is 0.708. The molecule has 2 aromatic carbocycles. The fraction of sp³-hybridized carbons (Fsp3) is 0.208. The molecule has 2 heterocycles. The van der Waals surface area contributed by atoms with E-state index in [1.54, 1.807) is 0 Å². The predicted molar refractivity (Wildman–Crippen MR) is 119 cm³/mol. The summed E-state index contributed by atoms with van der Waals surface area (Å²) in [6, 6.07) is 21.1. The molecule has 0 saturated carbocycles. The van der Waals surface area contributed by atoms with E-state index in [0.717, 1.165) is 54.6 Å². The van der Waals surface area contributed by atoms with E-state index in [1.165, 1.54) is 11.1 Å². The molecule has 0 radical (unpaired) electrons. The van der Waals surface area contributed by atoms with E-state index in [4.69, 9.17) is 5.73 Å². The number of nitrogens with zero attached hydrogens (tertiary/aromatic N) is 2. The second-order valence-corrected chi connectivity index (χ2v) is 7.27. The third-order valence-electron chi connectivity index (χ3n) is 5.01. The van der Waals surface area contributed by atoms with Crippen LogP contribution in [0.4, 0.5) is 5.69 Å². The number of anilines is 1. The summed E-state index contributed by atoms with van der Waals surface area (Å²) in [6.45, 7) is 6.65. The highest BCUT2D eigenvalue weighted by Gasteiger charge is 2.13. The first-order valence-corrected chi connectivity index (χ1v) is 10.0. The van der Waals surface area contributed by atoms with Crippen molar-refractivity contribution >= 4 is 11.9 Å². The van der Waals surface area contributed by atoms with Crippen molar-refractivity contribution in [3.05, 3.63) is 101 Å². The van der Waals surface area contributed by atoms with E-state index in [9.17, 15) is 0 Å². The summed E-state index contributed by atoms with van der Waals surface area (Å²) in [5.74, 6) is 0.708. The van der Waals surface area contributed by atoms with E-state index in [-0.39, 0.29) is 0 Å². The molecule has 0 saturated heterocycles. The molecule has 5 heteroatoms. The van der Waals surface area contributed by atoms with Gasteiger partial charge in [0.15, 0.2) is 0 Å². The topological polar surface area (TPSA) is 69.4 Å². The minimum absolute atomic E-state index is 0.708. The van der Waals surface area contributed by atoms with Crippen molar-refractivity contribution in [2.75, 3.05) is 18.0 Å². The maximum Gasteiger partial charge on any atom is 0.141 e. The SMILES string of the molecule is C=C1N=c2[nH]c(Cc3ccccc3)cc2=CN1c1ccc(CNCCCN)cc1. The lowest BCUT2D eigenvalue weighted by Crippen LogP contribution is -2.33. The van der Waals surface area contributed by atoms with Gasteiger partial charge in [0.25, 0.3) is 0 Å². The standard InChI is InChI=1S/C24H27N5/c1-18-27-24-21(15-22(28-24)14-19-6-3-2-4-7-19)17-29(18)23-10-8-20(9-11-23)16-26-13-5-12-25/h2-4,6-11,15,17,26H,1,5,12-14,16,25H2,(H,27,28). The number of rotatable bonds is 8. The monoisotopic (exact) mass is 385 g/mol. The van der Waals surface area contributed by atoms with Crippen LogP contribution in [0, 0.1) is 0 Å². The van der Waals surface area contributed by atoms with Gasteiger partial charge in [0.1, 0.15) is 11.3 Å². The van der Waals surface area contributed by atoms with Crippen molar-refractivity contribution in [3.8, 4) is 0 Å². The Morgan fingerprint density at radius 1 is 1.03 bits per heavy atom. The smallest absolute Gasteiger partial charge is 0.141 e. The third kappa shape index (κ3) is 4.65. The highest BCUT2D eigenvalue weighted by Crippen LogP contribution is 2.21. The van der Waals surface area contributed by atoms with Crippen LogP contribution < -0.4 is 26.7 Å². The zero-order valence-electron chi connectivity index (χ0n) is 16.6. The van der Waals surface area contributed by atoms with Crippen LogP contribution in [0.5, 0.6) is 0 Å². The molecule has 3 aromatic rings. The number of aromatic amines is 1. The summed E-state index contributed by atoms with van der Waals surface area (Å²) in [6.07, 6.45) is 3.95. The highest BCUT2D eigenvalue weighted by molar-refractivity contribution is 5.64. The Hall–Kier alpha value is -3.15. The van der Waals surface area contributed by atoms with Gasteiger partial charge in [-0.2, -0.15) is 0 Å². The summed E-state index contributed by atoms with van der Waals surface area (Å²) < 4.78 is 0. The molecule has 1 aliphatic rings. The fourth-order valence-corrected chi connectivity index (χ4v) is 3.47. The van der Waals surface area contributed by atoms with Gasteiger partial charge in [-0.05, 0) is 48.8 Å². The zero-order chi connectivity index (χ0) is 20.1. The van der Waals surface area contributed by atoms with E-state index >= 15 is 0 Å². The van der Waals surface area contributed by atoms with Crippen LogP contribution in [0.1, 0.15) is 23.2 Å². The molecule has 0 unspecified atom stereocenters. The summed E-state index contributed by atoms with van der Waals surface area (Å²) >= 11 is 0. The van der Waals surface area contributed by atoms with Gasteiger partial charge >= 0.3 is 0 Å². The van der Waals surface area contributed by atoms with Gasteiger partial charge in [-0.1, -0.05) is 49.0 Å². The lowest BCUT2D eigenvalue weighted by Gasteiger charge is -2.21. The maximum atomic E-state index is 5.53. The van der Waals surface area contributed by atoms with Crippen molar-refractivity contribution in [2.45, 2.75) is 19.4 Å². The molecule has 1 aromatic heterocycles. The first-order chi connectivity index (χ1) is 14.2. The van der Waals surface area contributed by atoms with E-state index in [0.29, 0.717) is 5.82 Å². The first-order valence-electron chi connectivity index (χ1n) is 10.0. The van der Waals surface area contributed by atoms with Gasteiger partial charge in [0, 0.05) is 35.8 Å². The largest absolute Gasteiger partial charge is 0.343 e. The molecular weight excluding hydrogens is 358 g/mol. The van der Waals surface area contributed by atoms with Crippen LogP contribution in [0.15, 0.2) is 78.1 Å². The van der Waals surface area contributed by atoms with Gasteiger partial charge in [-0.25, -0.2) is 4.99 Å². The predicted octanol–water partition coefficient (Wildman–Crippen LogP) is 2.39. The zero-order valence-corrected chi connectivity index (χ0v) is 16.6. The van der Waals surface area contributed by atoms with E-state index < -0.39 is 0 Å². The van der Waals surface area contributed by atoms with E-state index in [2.05, 4.69) is 82.7 Å². The van der Waals surface area contributed by atoms with Crippen LogP contribution in [0.25, 0.3) is 6.20 Å². The number of aromatic nitrogens is 1. The lowest BCUT2D eigenvalue weighted by atomic mass is 10.1. The average molecular weight is 386 g/mol. The van der Waals surface area contributed by atoms with Crippen molar-refractivity contribution in [2.24, 2.45) is 10.7 Å². The number of benzene rings is 2. The lowest BCUT2D eigenvalue weighted by molar-refractivity contribution is 0.655. The average Bonchev–Trinajstić information content (AvgIpc) is 3.13. The number of nitrogens with one attached hydrogen (secondary N) is 2. The third-order valence-corrected chi connectivity index (χ3v) is 5.01. The molecule has 0 bridgehead atoms. The van der Waals surface area contributed by atoms with Crippen molar-refractivity contribution in [1.82, 2.24) is 10.3 Å². The molecule has 5 nitrogen and oxygen atoms in total. The molecule has 4 N–H and O–H groups in total. The van der Waals surface area contributed by atoms with Gasteiger partial charge < -0.3 is 20.9 Å². The molecule has 4 rings (SSSR count). The Kier molecular flexibility index (Phi) is 5.89. The summed E-state index contributed by atoms with van der Waals surface area (Å²) in [4.78, 5) is 10.1. The summed E-state index contributed by atoms with van der Waals surface area (Å²) in [5.41, 5.74) is 11.1. The van der Waals surface area contributed by atoms with Crippen LogP contribution in [0.2, 0.25) is 0 Å². The molecule has 148 valence electrons. The van der Waals surface area contributed by atoms with Crippen molar-refractivity contribution in [3.63, 3.8) is 0 Å². The van der Waals surface area contributed by atoms with E-state index in [1.807, 2.05) is 11.0 Å².